The van der Waals surface area contributed by atoms with Gasteiger partial charge in [0.2, 0.25) is 0 Å². The fourth-order valence-corrected chi connectivity index (χ4v) is 3.16. The number of nitrogens with one attached hydrogen (secondary N) is 1. The molecule has 20 heavy (non-hydrogen) atoms. The van der Waals surface area contributed by atoms with E-state index in [4.69, 9.17) is 4.98 Å². The van der Waals surface area contributed by atoms with Gasteiger partial charge in [-0.15, -0.1) is 11.3 Å². The first-order valence-corrected chi connectivity index (χ1v) is 8.68. The highest BCUT2D eigenvalue weighted by atomic mass is 32.1. The lowest BCUT2D eigenvalue weighted by molar-refractivity contribution is 0.584. The van der Waals surface area contributed by atoms with Crippen LogP contribution in [0.25, 0.3) is 0 Å². The predicted molar refractivity (Wildman–Crippen MR) is 91.0 cm³/mol. The third kappa shape index (κ3) is 4.45. The lowest BCUT2D eigenvalue weighted by atomic mass is 10.0. The molecule has 0 aliphatic rings. The summed E-state index contributed by atoms with van der Waals surface area (Å²) in [4.78, 5) is 8.65. The molecule has 1 aromatic heterocycles. The highest BCUT2D eigenvalue weighted by Gasteiger charge is 2.19. The van der Waals surface area contributed by atoms with Crippen LogP contribution in [-0.4, -0.2) is 24.1 Å². The van der Waals surface area contributed by atoms with E-state index in [0.29, 0.717) is 18.0 Å². The summed E-state index contributed by atoms with van der Waals surface area (Å²) in [5.74, 6) is 0.536. The third-order valence-electron chi connectivity index (χ3n) is 4.02. The second kappa shape index (κ2) is 7.99. The van der Waals surface area contributed by atoms with Gasteiger partial charge in [0.15, 0.2) is 5.13 Å². The first kappa shape index (κ1) is 17.4. The van der Waals surface area contributed by atoms with Crippen molar-refractivity contribution in [2.75, 3.05) is 11.9 Å². The topological polar surface area (TPSA) is 28.2 Å². The summed E-state index contributed by atoms with van der Waals surface area (Å²) >= 11 is 1.85. The molecular weight excluding hydrogens is 266 g/mol. The number of anilines is 1. The van der Waals surface area contributed by atoms with E-state index >= 15 is 0 Å². The summed E-state index contributed by atoms with van der Waals surface area (Å²) in [6.07, 6.45) is 2.29. The fourth-order valence-electron chi connectivity index (χ4n) is 1.97. The van der Waals surface area contributed by atoms with Crippen LogP contribution in [-0.2, 0) is 6.54 Å². The summed E-state index contributed by atoms with van der Waals surface area (Å²) in [5, 5.41) is 4.69. The van der Waals surface area contributed by atoms with Crippen molar-refractivity contribution in [2.45, 2.75) is 78.9 Å². The van der Waals surface area contributed by atoms with Gasteiger partial charge in [0.25, 0.3) is 0 Å². The maximum atomic E-state index is 4.93. The van der Waals surface area contributed by atoms with Crippen LogP contribution < -0.4 is 10.2 Å². The summed E-state index contributed by atoms with van der Waals surface area (Å²) in [7, 11) is 2.16. The van der Waals surface area contributed by atoms with E-state index in [1.54, 1.807) is 0 Å². The molecule has 2 atom stereocenters. The van der Waals surface area contributed by atoms with E-state index in [-0.39, 0.29) is 0 Å². The molecule has 0 fully saturated rings. The highest BCUT2D eigenvalue weighted by molar-refractivity contribution is 7.15. The third-order valence-corrected chi connectivity index (χ3v) is 5.18. The van der Waals surface area contributed by atoms with Crippen molar-refractivity contribution in [2.24, 2.45) is 0 Å². The number of aromatic nitrogens is 1. The first-order valence-electron chi connectivity index (χ1n) is 7.86. The van der Waals surface area contributed by atoms with Crippen molar-refractivity contribution in [3.63, 3.8) is 0 Å². The zero-order valence-corrected chi connectivity index (χ0v) is 15.0. The van der Waals surface area contributed by atoms with Gasteiger partial charge < -0.3 is 10.2 Å². The predicted octanol–water partition coefficient (Wildman–Crippen LogP) is 4.39. The van der Waals surface area contributed by atoms with Crippen molar-refractivity contribution < 1.29 is 0 Å². The van der Waals surface area contributed by atoms with Crippen LogP contribution in [0.3, 0.4) is 0 Å². The summed E-state index contributed by atoms with van der Waals surface area (Å²) in [6.45, 7) is 14.3. The Bertz CT molecular complexity index is 400. The highest BCUT2D eigenvalue weighted by Crippen LogP contribution is 2.32. The van der Waals surface area contributed by atoms with Gasteiger partial charge in [-0.05, 0) is 25.7 Å². The second-order valence-electron chi connectivity index (χ2n) is 6.02. The number of hydrogen-bond acceptors (Lipinski definition) is 4. The van der Waals surface area contributed by atoms with E-state index in [1.807, 2.05) is 11.3 Å². The second-order valence-corrected chi connectivity index (χ2v) is 7.08. The van der Waals surface area contributed by atoms with Gasteiger partial charge in [0, 0.05) is 30.6 Å². The van der Waals surface area contributed by atoms with Crippen molar-refractivity contribution in [3.05, 3.63) is 10.6 Å². The zero-order chi connectivity index (χ0) is 15.3. The molecule has 0 spiro atoms. The van der Waals surface area contributed by atoms with Crippen LogP contribution in [0.5, 0.6) is 0 Å². The monoisotopic (exact) mass is 297 g/mol. The van der Waals surface area contributed by atoms with Gasteiger partial charge in [0.05, 0.1) is 5.69 Å². The quantitative estimate of drug-likeness (QED) is 0.771. The van der Waals surface area contributed by atoms with E-state index in [2.05, 4.69) is 58.8 Å². The summed E-state index contributed by atoms with van der Waals surface area (Å²) in [6, 6.07) is 1.05. The molecule has 3 nitrogen and oxygen atoms in total. The Balaban J connectivity index is 2.98. The molecule has 1 aromatic rings. The Morgan fingerprint density at radius 3 is 2.30 bits per heavy atom. The molecule has 0 saturated heterocycles. The van der Waals surface area contributed by atoms with E-state index < -0.39 is 0 Å². The van der Waals surface area contributed by atoms with Crippen LogP contribution in [0.15, 0.2) is 0 Å². The van der Waals surface area contributed by atoms with E-state index in [1.165, 1.54) is 10.6 Å². The lowest BCUT2D eigenvalue weighted by Gasteiger charge is -2.22. The minimum absolute atomic E-state index is 0.512. The van der Waals surface area contributed by atoms with Crippen LogP contribution in [0.1, 0.15) is 70.9 Å². The molecule has 2 unspecified atom stereocenters. The molecule has 4 heteroatoms. The summed E-state index contributed by atoms with van der Waals surface area (Å²) < 4.78 is 0. The Morgan fingerprint density at radius 2 is 1.80 bits per heavy atom. The fraction of sp³-hybridized carbons (Fsp3) is 0.812. The molecule has 116 valence electrons. The molecule has 0 aromatic carbocycles. The first-order chi connectivity index (χ1) is 9.40. The Morgan fingerprint density at radius 1 is 1.15 bits per heavy atom. The van der Waals surface area contributed by atoms with Gasteiger partial charge in [-0.2, -0.15) is 0 Å². The summed E-state index contributed by atoms with van der Waals surface area (Å²) in [5.41, 5.74) is 1.29. The van der Waals surface area contributed by atoms with E-state index in [0.717, 1.165) is 24.5 Å². The average molecular weight is 298 g/mol. The number of rotatable bonds is 8. The van der Waals surface area contributed by atoms with Gasteiger partial charge >= 0.3 is 0 Å². The molecule has 0 aliphatic carbocycles. The van der Waals surface area contributed by atoms with Gasteiger partial charge in [-0.1, -0.05) is 34.6 Å². The molecule has 0 saturated carbocycles. The van der Waals surface area contributed by atoms with Gasteiger partial charge in [-0.25, -0.2) is 4.98 Å². The molecule has 1 N–H and O–H groups in total. The van der Waals surface area contributed by atoms with Gasteiger partial charge in [-0.3, -0.25) is 0 Å². The molecule has 1 rings (SSSR count). The molecule has 0 radical (unpaired) electrons. The van der Waals surface area contributed by atoms with Crippen molar-refractivity contribution in [1.29, 1.82) is 0 Å². The minimum Gasteiger partial charge on any atom is -0.348 e. The molecular formula is C16H31N3S. The van der Waals surface area contributed by atoms with Crippen LogP contribution >= 0.6 is 11.3 Å². The van der Waals surface area contributed by atoms with Crippen LogP contribution in [0, 0.1) is 0 Å². The maximum Gasteiger partial charge on any atom is 0.185 e. The van der Waals surface area contributed by atoms with Crippen molar-refractivity contribution >= 4 is 16.5 Å². The lowest BCUT2D eigenvalue weighted by Crippen LogP contribution is -2.27. The maximum absolute atomic E-state index is 4.93. The molecule has 1 heterocycles. The Labute approximate surface area is 128 Å². The van der Waals surface area contributed by atoms with Crippen molar-refractivity contribution in [3.8, 4) is 0 Å². The van der Waals surface area contributed by atoms with E-state index in [9.17, 15) is 0 Å². The Hall–Kier alpha value is -0.610. The SMILES string of the molecule is CCC(C)c1nc(N(C)C(C)CC)sc1CNC(C)C. The smallest absolute Gasteiger partial charge is 0.185 e. The van der Waals surface area contributed by atoms with Crippen molar-refractivity contribution in [1.82, 2.24) is 10.3 Å². The molecule has 0 aliphatic heterocycles. The molecule has 0 bridgehead atoms. The number of thiazole rings is 1. The largest absolute Gasteiger partial charge is 0.348 e. The normalized spacial score (nSPS) is 14.6. The van der Waals surface area contributed by atoms with Gasteiger partial charge in [0.1, 0.15) is 0 Å². The van der Waals surface area contributed by atoms with Crippen LogP contribution in [0.2, 0.25) is 0 Å². The number of nitrogens with zero attached hydrogens (tertiary/aromatic N) is 2. The molecule has 0 amide bonds. The van der Waals surface area contributed by atoms with Crippen LogP contribution in [0.4, 0.5) is 5.13 Å². The average Bonchev–Trinajstić information content (AvgIpc) is 2.86. The minimum atomic E-state index is 0.512. The Kier molecular flexibility index (Phi) is 6.96. The number of hydrogen-bond donors (Lipinski definition) is 1. The standard InChI is InChI=1S/C16H31N3S/c1-8-12(5)15-14(10-17-11(3)4)20-16(18-15)19(7)13(6)9-2/h11-13,17H,8-10H2,1-7H3. The zero-order valence-electron chi connectivity index (χ0n) is 14.2.